The van der Waals surface area contributed by atoms with E-state index >= 15 is 0 Å². The van der Waals surface area contributed by atoms with Crippen molar-refractivity contribution in [3.8, 4) is 5.75 Å². The van der Waals surface area contributed by atoms with Gasteiger partial charge >= 0.3 is 5.97 Å². The fraction of sp³-hybridized carbons (Fsp3) is 0.182. The van der Waals surface area contributed by atoms with Crippen LogP contribution in [0, 0.1) is 6.92 Å². The number of carbonyl (C=O) groups excluding carboxylic acids is 1. The molecule has 0 aliphatic carbocycles. The Balaban J connectivity index is 2.90. The molecule has 0 bridgehead atoms. The second kappa shape index (κ2) is 4.46. The third-order valence-electron chi connectivity index (χ3n) is 1.78. The summed E-state index contributed by atoms with van der Waals surface area (Å²) in [5.74, 6) is -0.290. The average molecular weight is 192 g/mol. The number of aromatic hydroxyl groups is 1. The van der Waals surface area contributed by atoms with E-state index < -0.39 is 5.97 Å². The molecule has 1 aromatic rings. The SMILES string of the molecule is COC(=O)/C=C/c1cc(C)ccc1O. The number of hydrogen-bond acceptors (Lipinski definition) is 3. The minimum absolute atomic E-state index is 0.149. The first-order valence-corrected chi connectivity index (χ1v) is 4.19. The lowest BCUT2D eigenvalue weighted by Crippen LogP contribution is -1.93. The van der Waals surface area contributed by atoms with E-state index in [2.05, 4.69) is 4.74 Å². The number of carbonyl (C=O) groups is 1. The molecule has 1 rings (SSSR count). The zero-order valence-electron chi connectivity index (χ0n) is 8.15. The number of hydrogen-bond donors (Lipinski definition) is 1. The smallest absolute Gasteiger partial charge is 0.330 e. The number of rotatable bonds is 2. The van der Waals surface area contributed by atoms with Gasteiger partial charge in [-0.25, -0.2) is 4.79 Å². The molecule has 0 fully saturated rings. The number of benzene rings is 1. The molecule has 0 unspecified atom stereocenters. The van der Waals surface area contributed by atoms with Crippen molar-refractivity contribution >= 4 is 12.0 Å². The summed E-state index contributed by atoms with van der Waals surface area (Å²) < 4.78 is 4.43. The number of phenolic OH excluding ortho intramolecular Hbond substituents is 1. The fourth-order valence-electron chi connectivity index (χ4n) is 1.03. The molecular formula is C11H12O3. The molecule has 1 aromatic carbocycles. The van der Waals surface area contributed by atoms with Crippen LogP contribution in [0.1, 0.15) is 11.1 Å². The van der Waals surface area contributed by atoms with Crippen LogP contribution >= 0.6 is 0 Å². The summed E-state index contributed by atoms with van der Waals surface area (Å²) in [6.07, 6.45) is 2.79. The first-order valence-electron chi connectivity index (χ1n) is 4.19. The van der Waals surface area contributed by atoms with Gasteiger partial charge in [-0.05, 0) is 25.1 Å². The largest absolute Gasteiger partial charge is 0.507 e. The molecule has 74 valence electrons. The van der Waals surface area contributed by atoms with E-state index in [4.69, 9.17) is 0 Å². The Kier molecular flexibility index (Phi) is 3.29. The summed E-state index contributed by atoms with van der Waals surface area (Å²) in [5, 5.41) is 9.42. The van der Waals surface area contributed by atoms with Gasteiger partial charge in [-0.3, -0.25) is 0 Å². The lowest BCUT2D eigenvalue weighted by molar-refractivity contribution is -0.134. The normalized spacial score (nSPS) is 10.4. The quantitative estimate of drug-likeness (QED) is 0.575. The molecule has 0 saturated heterocycles. The van der Waals surface area contributed by atoms with Gasteiger partial charge < -0.3 is 9.84 Å². The Morgan fingerprint density at radius 3 is 2.86 bits per heavy atom. The van der Waals surface area contributed by atoms with E-state index in [9.17, 15) is 9.90 Å². The molecule has 0 aliphatic rings. The van der Waals surface area contributed by atoms with Crippen molar-refractivity contribution in [3.05, 3.63) is 35.4 Å². The zero-order valence-corrected chi connectivity index (χ0v) is 8.15. The molecule has 14 heavy (non-hydrogen) atoms. The average Bonchev–Trinajstić information content (AvgIpc) is 2.19. The summed E-state index contributed by atoms with van der Waals surface area (Å²) in [6, 6.07) is 5.17. The predicted molar refractivity (Wildman–Crippen MR) is 53.9 cm³/mol. The van der Waals surface area contributed by atoms with Crippen molar-refractivity contribution in [3.63, 3.8) is 0 Å². The molecule has 0 spiro atoms. The molecule has 0 amide bonds. The predicted octanol–water partition coefficient (Wildman–Crippen LogP) is 1.89. The lowest BCUT2D eigenvalue weighted by atomic mass is 10.1. The van der Waals surface area contributed by atoms with Crippen LogP contribution in [-0.2, 0) is 9.53 Å². The zero-order chi connectivity index (χ0) is 10.6. The van der Waals surface area contributed by atoms with Crippen LogP contribution < -0.4 is 0 Å². The second-order valence-electron chi connectivity index (χ2n) is 2.92. The molecular weight excluding hydrogens is 180 g/mol. The Hall–Kier alpha value is -1.77. The van der Waals surface area contributed by atoms with Crippen LogP contribution in [0.25, 0.3) is 6.08 Å². The molecule has 1 N–H and O–H groups in total. The number of phenols is 1. The number of methoxy groups -OCH3 is 1. The van der Waals surface area contributed by atoms with Gasteiger partial charge in [0.25, 0.3) is 0 Å². The van der Waals surface area contributed by atoms with Gasteiger partial charge in [-0.2, -0.15) is 0 Å². The van der Waals surface area contributed by atoms with Crippen molar-refractivity contribution < 1.29 is 14.6 Å². The summed E-state index contributed by atoms with van der Waals surface area (Å²) in [7, 11) is 1.31. The van der Waals surface area contributed by atoms with Crippen LogP contribution in [0.5, 0.6) is 5.75 Å². The van der Waals surface area contributed by atoms with Crippen LogP contribution in [0.3, 0.4) is 0 Å². The molecule has 0 heterocycles. The summed E-state index contributed by atoms with van der Waals surface area (Å²) in [4.78, 5) is 10.8. The Bertz CT molecular complexity index is 367. The molecule has 0 aliphatic heterocycles. The van der Waals surface area contributed by atoms with Crippen LogP contribution in [-0.4, -0.2) is 18.2 Å². The van der Waals surface area contributed by atoms with Crippen molar-refractivity contribution in [2.75, 3.05) is 7.11 Å². The lowest BCUT2D eigenvalue weighted by Gasteiger charge is -1.99. The molecule has 0 atom stereocenters. The Labute approximate surface area is 82.6 Å². The molecule has 3 nitrogen and oxygen atoms in total. The summed E-state index contributed by atoms with van der Waals surface area (Å²) >= 11 is 0. The van der Waals surface area contributed by atoms with Crippen molar-refractivity contribution in [1.29, 1.82) is 0 Å². The first-order chi connectivity index (χ1) is 6.63. The highest BCUT2D eigenvalue weighted by Gasteiger charge is 1.98. The highest BCUT2D eigenvalue weighted by Crippen LogP contribution is 2.19. The number of aryl methyl sites for hydroxylation is 1. The van der Waals surface area contributed by atoms with E-state index in [1.165, 1.54) is 19.3 Å². The van der Waals surface area contributed by atoms with E-state index in [1.807, 2.05) is 6.92 Å². The molecule has 0 saturated carbocycles. The van der Waals surface area contributed by atoms with E-state index in [-0.39, 0.29) is 5.75 Å². The van der Waals surface area contributed by atoms with Gasteiger partial charge in [0.1, 0.15) is 5.75 Å². The molecule has 0 radical (unpaired) electrons. The van der Waals surface area contributed by atoms with E-state index in [1.54, 1.807) is 18.2 Å². The third-order valence-corrected chi connectivity index (χ3v) is 1.78. The van der Waals surface area contributed by atoms with E-state index in [0.717, 1.165) is 5.56 Å². The minimum Gasteiger partial charge on any atom is -0.507 e. The monoisotopic (exact) mass is 192 g/mol. The van der Waals surface area contributed by atoms with Crippen LogP contribution in [0.15, 0.2) is 24.3 Å². The van der Waals surface area contributed by atoms with Gasteiger partial charge in [0.15, 0.2) is 0 Å². The van der Waals surface area contributed by atoms with Gasteiger partial charge in [-0.1, -0.05) is 11.6 Å². The Morgan fingerprint density at radius 1 is 1.50 bits per heavy atom. The molecule has 3 heteroatoms. The summed E-state index contributed by atoms with van der Waals surface area (Å²) in [6.45, 7) is 1.91. The maximum Gasteiger partial charge on any atom is 0.330 e. The third kappa shape index (κ3) is 2.62. The maximum atomic E-state index is 10.8. The maximum absolute atomic E-state index is 10.8. The molecule has 0 aromatic heterocycles. The van der Waals surface area contributed by atoms with Crippen molar-refractivity contribution in [2.45, 2.75) is 6.92 Å². The Morgan fingerprint density at radius 2 is 2.21 bits per heavy atom. The standard InChI is InChI=1S/C11H12O3/c1-8-3-5-10(12)9(7-8)4-6-11(13)14-2/h3-7,12H,1-2H3/b6-4+. The van der Waals surface area contributed by atoms with Gasteiger partial charge in [0.2, 0.25) is 0 Å². The van der Waals surface area contributed by atoms with Gasteiger partial charge in [0, 0.05) is 11.6 Å². The second-order valence-corrected chi connectivity index (χ2v) is 2.92. The first kappa shape index (κ1) is 10.3. The highest BCUT2D eigenvalue weighted by atomic mass is 16.5. The van der Waals surface area contributed by atoms with Crippen molar-refractivity contribution in [2.24, 2.45) is 0 Å². The minimum atomic E-state index is -0.439. The fourth-order valence-corrected chi connectivity index (χ4v) is 1.03. The van der Waals surface area contributed by atoms with Gasteiger partial charge in [-0.15, -0.1) is 0 Å². The van der Waals surface area contributed by atoms with E-state index in [0.29, 0.717) is 5.56 Å². The summed E-state index contributed by atoms with van der Waals surface area (Å²) in [5.41, 5.74) is 1.63. The van der Waals surface area contributed by atoms with Gasteiger partial charge in [0.05, 0.1) is 7.11 Å². The van der Waals surface area contributed by atoms with Crippen LogP contribution in [0.4, 0.5) is 0 Å². The van der Waals surface area contributed by atoms with Crippen molar-refractivity contribution in [1.82, 2.24) is 0 Å². The number of ether oxygens (including phenoxy) is 1. The number of esters is 1. The topological polar surface area (TPSA) is 46.5 Å². The highest BCUT2D eigenvalue weighted by molar-refractivity contribution is 5.87. The van der Waals surface area contributed by atoms with Crippen LogP contribution in [0.2, 0.25) is 0 Å².